The van der Waals surface area contributed by atoms with Crippen molar-refractivity contribution in [1.29, 1.82) is 0 Å². The van der Waals surface area contributed by atoms with Crippen LogP contribution in [0.4, 0.5) is 0 Å². The van der Waals surface area contributed by atoms with Gasteiger partial charge in [0, 0.05) is 32.7 Å². The molecule has 2 unspecified atom stereocenters. The number of ether oxygens (including phenoxy) is 2. The van der Waals surface area contributed by atoms with Gasteiger partial charge in [0.25, 0.3) is 0 Å². The van der Waals surface area contributed by atoms with Crippen LogP contribution in [-0.2, 0) is 4.74 Å². The summed E-state index contributed by atoms with van der Waals surface area (Å²) in [5.41, 5.74) is 1.29. The van der Waals surface area contributed by atoms with Crippen molar-refractivity contribution in [2.75, 3.05) is 60.1 Å². The fourth-order valence-electron chi connectivity index (χ4n) is 4.33. The van der Waals surface area contributed by atoms with Gasteiger partial charge in [-0.25, -0.2) is 0 Å². The van der Waals surface area contributed by atoms with Crippen LogP contribution < -0.4 is 10.1 Å². The number of methoxy groups -OCH3 is 2. The highest BCUT2D eigenvalue weighted by Gasteiger charge is 2.27. The van der Waals surface area contributed by atoms with Gasteiger partial charge in [0.1, 0.15) is 5.75 Å². The molecule has 2 aliphatic heterocycles. The van der Waals surface area contributed by atoms with Gasteiger partial charge < -0.3 is 19.7 Å². The first-order valence-corrected chi connectivity index (χ1v) is 10.6. The summed E-state index contributed by atoms with van der Waals surface area (Å²) in [5, 5.41) is 3.50. The summed E-state index contributed by atoms with van der Waals surface area (Å²) in [6.45, 7) is 8.98. The third-order valence-corrected chi connectivity index (χ3v) is 5.80. The molecule has 6 nitrogen and oxygen atoms in total. The van der Waals surface area contributed by atoms with Crippen LogP contribution in [0.1, 0.15) is 37.8 Å². The molecule has 0 radical (unpaired) electrons. The highest BCUT2D eigenvalue weighted by Crippen LogP contribution is 2.28. The maximum atomic E-state index is 5.46. The number of halogens is 1. The van der Waals surface area contributed by atoms with E-state index in [9.17, 15) is 0 Å². The SMILES string of the molecule is CCNC(=NCC(c1cccc(OC)c1)N1CCCC1)N1CCC(COC)C1.I. The van der Waals surface area contributed by atoms with E-state index in [0.29, 0.717) is 12.0 Å². The summed E-state index contributed by atoms with van der Waals surface area (Å²) in [6, 6.07) is 8.76. The van der Waals surface area contributed by atoms with Crippen LogP contribution >= 0.6 is 24.0 Å². The molecule has 2 aliphatic rings. The lowest BCUT2D eigenvalue weighted by Crippen LogP contribution is -2.41. The minimum absolute atomic E-state index is 0. The highest BCUT2D eigenvalue weighted by molar-refractivity contribution is 14.0. The first kappa shape index (κ1) is 24.2. The molecule has 0 aliphatic carbocycles. The highest BCUT2D eigenvalue weighted by atomic mass is 127. The summed E-state index contributed by atoms with van der Waals surface area (Å²) in [7, 11) is 3.52. The van der Waals surface area contributed by atoms with Crippen molar-refractivity contribution < 1.29 is 9.47 Å². The molecule has 0 aromatic heterocycles. The Hall–Kier alpha value is -1.06. The van der Waals surface area contributed by atoms with Crippen molar-refractivity contribution >= 4 is 29.9 Å². The molecule has 2 saturated heterocycles. The fourth-order valence-corrected chi connectivity index (χ4v) is 4.33. The van der Waals surface area contributed by atoms with E-state index >= 15 is 0 Å². The van der Waals surface area contributed by atoms with Crippen molar-refractivity contribution in [1.82, 2.24) is 15.1 Å². The van der Waals surface area contributed by atoms with E-state index in [1.165, 1.54) is 24.8 Å². The Labute approximate surface area is 193 Å². The van der Waals surface area contributed by atoms with Gasteiger partial charge in [-0.1, -0.05) is 12.1 Å². The molecule has 1 aromatic rings. The minimum Gasteiger partial charge on any atom is -0.497 e. The van der Waals surface area contributed by atoms with Crippen LogP contribution in [0.5, 0.6) is 5.75 Å². The molecular weight excluding hydrogens is 479 g/mol. The number of likely N-dealkylation sites (tertiary alicyclic amines) is 2. The second-order valence-corrected chi connectivity index (χ2v) is 7.79. The molecule has 164 valence electrons. The molecule has 0 amide bonds. The van der Waals surface area contributed by atoms with E-state index in [2.05, 4.69) is 40.2 Å². The molecule has 0 spiro atoms. The van der Waals surface area contributed by atoms with Gasteiger partial charge in [0.15, 0.2) is 5.96 Å². The molecule has 0 bridgehead atoms. The standard InChI is InChI=1S/C22H36N4O2.HI/c1-4-23-22(26-13-10-18(16-26)17-27-2)24-15-21(25-11-5-6-12-25)19-8-7-9-20(14-19)28-3;/h7-9,14,18,21H,4-6,10-13,15-17H2,1-3H3,(H,23,24);1H. The van der Waals surface area contributed by atoms with Crippen molar-refractivity contribution in [3.8, 4) is 5.75 Å². The molecule has 1 aromatic carbocycles. The fraction of sp³-hybridized carbons (Fsp3) is 0.682. The third kappa shape index (κ3) is 6.72. The Morgan fingerprint density at radius 2 is 2.03 bits per heavy atom. The lowest BCUT2D eigenvalue weighted by Gasteiger charge is -2.28. The summed E-state index contributed by atoms with van der Waals surface area (Å²) >= 11 is 0. The van der Waals surface area contributed by atoms with Crippen LogP contribution in [0.3, 0.4) is 0 Å². The second kappa shape index (κ2) is 12.6. The smallest absolute Gasteiger partial charge is 0.193 e. The van der Waals surface area contributed by atoms with Crippen molar-refractivity contribution in [3.05, 3.63) is 29.8 Å². The predicted octanol–water partition coefficient (Wildman–Crippen LogP) is 3.38. The van der Waals surface area contributed by atoms with Crippen LogP contribution in [0.2, 0.25) is 0 Å². The lowest BCUT2D eigenvalue weighted by atomic mass is 10.1. The van der Waals surface area contributed by atoms with Gasteiger partial charge >= 0.3 is 0 Å². The summed E-state index contributed by atoms with van der Waals surface area (Å²) in [4.78, 5) is 10.0. The zero-order valence-corrected chi connectivity index (χ0v) is 20.4. The number of guanidine groups is 1. The molecule has 2 atom stereocenters. The largest absolute Gasteiger partial charge is 0.497 e. The monoisotopic (exact) mass is 516 g/mol. The Morgan fingerprint density at radius 3 is 2.72 bits per heavy atom. The zero-order valence-electron chi connectivity index (χ0n) is 18.1. The van der Waals surface area contributed by atoms with Crippen LogP contribution in [0, 0.1) is 5.92 Å². The molecule has 2 heterocycles. The van der Waals surface area contributed by atoms with Crippen molar-refractivity contribution in [2.45, 2.75) is 32.2 Å². The van der Waals surface area contributed by atoms with Gasteiger partial charge in [-0.05, 0) is 57.0 Å². The Morgan fingerprint density at radius 1 is 1.24 bits per heavy atom. The van der Waals surface area contributed by atoms with Crippen LogP contribution in [0.25, 0.3) is 0 Å². The summed E-state index contributed by atoms with van der Waals surface area (Å²) < 4.78 is 10.8. The number of nitrogens with zero attached hydrogens (tertiary/aromatic N) is 3. The van der Waals surface area contributed by atoms with E-state index in [1.807, 2.05) is 6.07 Å². The first-order valence-electron chi connectivity index (χ1n) is 10.6. The maximum Gasteiger partial charge on any atom is 0.193 e. The summed E-state index contributed by atoms with van der Waals surface area (Å²) in [6.07, 6.45) is 3.72. The predicted molar refractivity (Wildman–Crippen MR) is 129 cm³/mol. The minimum atomic E-state index is 0. The molecule has 2 fully saturated rings. The molecule has 7 heteroatoms. The topological polar surface area (TPSA) is 49.3 Å². The third-order valence-electron chi connectivity index (χ3n) is 5.80. The molecule has 29 heavy (non-hydrogen) atoms. The number of rotatable bonds is 8. The van der Waals surface area contributed by atoms with E-state index in [1.54, 1.807) is 14.2 Å². The average Bonchev–Trinajstić information content (AvgIpc) is 3.40. The summed E-state index contributed by atoms with van der Waals surface area (Å²) in [5.74, 6) is 2.55. The Balaban J connectivity index is 0.00000300. The Bertz CT molecular complexity index is 637. The van der Waals surface area contributed by atoms with Crippen LogP contribution in [0.15, 0.2) is 29.3 Å². The van der Waals surface area contributed by atoms with E-state index < -0.39 is 0 Å². The van der Waals surface area contributed by atoms with Crippen LogP contribution in [-0.4, -0.2) is 75.9 Å². The number of nitrogens with one attached hydrogen (secondary N) is 1. The number of hydrogen-bond acceptors (Lipinski definition) is 4. The molecule has 1 N–H and O–H groups in total. The molecular formula is C22H37IN4O2. The van der Waals surface area contributed by atoms with Gasteiger partial charge in [-0.3, -0.25) is 9.89 Å². The van der Waals surface area contributed by atoms with Crippen molar-refractivity contribution in [2.24, 2.45) is 10.9 Å². The Kier molecular flexibility index (Phi) is 10.5. The van der Waals surface area contributed by atoms with E-state index in [4.69, 9.17) is 14.5 Å². The molecule has 3 rings (SSSR count). The van der Waals surface area contributed by atoms with Gasteiger partial charge in [-0.2, -0.15) is 0 Å². The van der Waals surface area contributed by atoms with E-state index in [-0.39, 0.29) is 24.0 Å². The van der Waals surface area contributed by atoms with Gasteiger partial charge in [0.05, 0.1) is 26.3 Å². The normalized spacial score (nSPS) is 21.1. The first-order chi connectivity index (χ1) is 13.7. The number of benzene rings is 1. The van der Waals surface area contributed by atoms with Crippen molar-refractivity contribution in [3.63, 3.8) is 0 Å². The maximum absolute atomic E-state index is 5.46. The van der Waals surface area contributed by atoms with E-state index in [0.717, 1.165) is 57.6 Å². The average molecular weight is 516 g/mol. The zero-order chi connectivity index (χ0) is 19.8. The number of hydrogen-bond donors (Lipinski definition) is 1. The number of aliphatic imine (C=N–C) groups is 1. The van der Waals surface area contributed by atoms with Gasteiger partial charge in [-0.15, -0.1) is 24.0 Å². The molecule has 0 saturated carbocycles. The lowest BCUT2D eigenvalue weighted by molar-refractivity contribution is 0.157. The van der Waals surface area contributed by atoms with Gasteiger partial charge in [0.2, 0.25) is 0 Å². The second-order valence-electron chi connectivity index (χ2n) is 7.79. The quantitative estimate of drug-likeness (QED) is 0.326.